The topological polar surface area (TPSA) is 97.1 Å². The number of carbonyl (C=O) groups is 2. The molecule has 20 heavy (non-hydrogen) atoms. The maximum atomic E-state index is 11.8. The van der Waals surface area contributed by atoms with Crippen LogP contribution in [0, 0.1) is 0 Å². The number of hydrogen-bond donors (Lipinski definition) is 2. The number of hydrogen-bond acceptors (Lipinski definition) is 5. The smallest absolute Gasteiger partial charge is 0.358 e. The van der Waals surface area contributed by atoms with Crippen LogP contribution in [0.5, 0.6) is 0 Å². The van der Waals surface area contributed by atoms with E-state index in [1.165, 1.54) is 16.0 Å². The summed E-state index contributed by atoms with van der Waals surface area (Å²) in [7, 11) is 0. The van der Waals surface area contributed by atoms with E-state index < -0.39 is 5.97 Å². The van der Waals surface area contributed by atoms with Crippen LogP contribution in [-0.4, -0.2) is 38.0 Å². The monoisotopic (exact) mass is 292 g/mol. The molecule has 0 bridgehead atoms. The van der Waals surface area contributed by atoms with Crippen molar-refractivity contribution in [2.24, 2.45) is 0 Å². The van der Waals surface area contributed by atoms with Gasteiger partial charge in [0.05, 0.1) is 4.88 Å². The Morgan fingerprint density at radius 1 is 1.50 bits per heavy atom. The zero-order valence-electron chi connectivity index (χ0n) is 10.4. The molecule has 0 saturated heterocycles. The molecule has 0 atom stereocenters. The molecular weight excluding hydrogens is 280 g/mol. The quantitative estimate of drug-likeness (QED) is 0.856. The van der Waals surface area contributed by atoms with E-state index in [0.29, 0.717) is 5.69 Å². The van der Waals surface area contributed by atoms with Crippen molar-refractivity contribution in [3.8, 4) is 10.6 Å². The average Bonchev–Trinajstić information content (AvgIpc) is 2.92. The van der Waals surface area contributed by atoms with Crippen molar-refractivity contribution in [1.82, 2.24) is 20.3 Å². The number of thiophene rings is 1. The van der Waals surface area contributed by atoms with Gasteiger partial charge in [0, 0.05) is 6.04 Å². The SMILES string of the molecule is O=C(Cn1nnc(C(=O)O)c1-c1cccs1)NC1CC1. The van der Waals surface area contributed by atoms with E-state index in [2.05, 4.69) is 15.6 Å². The molecule has 0 aliphatic heterocycles. The van der Waals surface area contributed by atoms with Crippen LogP contribution in [0.25, 0.3) is 10.6 Å². The number of aromatic carboxylic acids is 1. The maximum absolute atomic E-state index is 11.8. The highest BCUT2D eigenvalue weighted by Gasteiger charge is 2.26. The summed E-state index contributed by atoms with van der Waals surface area (Å²) < 4.78 is 1.34. The Labute approximate surface area is 118 Å². The lowest BCUT2D eigenvalue weighted by atomic mass is 10.2. The molecule has 3 rings (SSSR count). The van der Waals surface area contributed by atoms with Gasteiger partial charge in [-0.25, -0.2) is 9.48 Å². The number of amides is 1. The molecule has 1 fully saturated rings. The summed E-state index contributed by atoms with van der Waals surface area (Å²) in [6.45, 7) is -0.0238. The van der Waals surface area contributed by atoms with Crippen LogP contribution in [0.1, 0.15) is 23.3 Å². The lowest BCUT2D eigenvalue weighted by Crippen LogP contribution is -2.30. The largest absolute Gasteiger partial charge is 0.476 e. The number of carboxylic acids is 1. The van der Waals surface area contributed by atoms with E-state index in [4.69, 9.17) is 5.11 Å². The predicted molar refractivity (Wildman–Crippen MR) is 71.5 cm³/mol. The molecule has 8 heteroatoms. The van der Waals surface area contributed by atoms with Crippen LogP contribution in [0.3, 0.4) is 0 Å². The number of carboxylic acid groups (broad SMARTS) is 1. The van der Waals surface area contributed by atoms with Crippen molar-refractivity contribution in [2.75, 3.05) is 0 Å². The summed E-state index contributed by atoms with van der Waals surface area (Å²) >= 11 is 1.38. The molecule has 0 spiro atoms. The number of carbonyl (C=O) groups excluding carboxylic acids is 1. The fourth-order valence-electron chi connectivity index (χ4n) is 1.86. The second kappa shape index (κ2) is 5.04. The van der Waals surface area contributed by atoms with Crippen LogP contribution in [-0.2, 0) is 11.3 Å². The molecular formula is C12H12N4O3S. The lowest BCUT2D eigenvalue weighted by molar-refractivity contribution is -0.122. The molecule has 1 aliphatic rings. The van der Waals surface area contributed by atoms with E-state index in [-0.39, 0.29) is 24.2 Å². The third kappa shape index (κ3) is 2.55. The van der Waals surface area contributed by atoms with Gasteiger partial charge in [-0.3, -0.25) is 4.79 Å². The third-order valence-electron chi connectivity index (χ3n) is 2.93. The van der Waals surface area contributed by atoms with Crippen LogP contribution >= 0.6 is 11.3 Å². The summed E-state index contributed by atoms with van der Waals surface area (Å²) in [5, 5.41) is 21.3. The van der Waals surface area contributed by atoms with Gasteiger partial charge in [0.1, 0.15) is 12.2 Å². The first kappa shape index (κ1) is 12.8. The summed E-state index contributed by atoms with van der Waals surface area (Å²) in [5.41, 5.74) is 0.241. The minimum Gasteiger partial charge on any atom is -0.476 e. The Balaban J connectivity index is 1.90. The van der Waals surface area contributed by atoms with Crippen molar-refractivity contribution in [3.05, 3.63) is 23.2 Å². The van der Waals surface area contributed by atoms with Crippen molar-refractivity contribution < 1.29 is 14.7 Å². The molecule has 2 aromatic heterocycles. The Bertz CT molecular complexity index is 646. The number of nitrogens with one attached hydrogen (secondary N) is 1. The van der Waals surface area contributed by atoms with E-state index in [1.807, 2.05) is 11.4 Å². The summed E-state index contributed by atoms with van der Waals surface area (Å²) in [6.07, 6.45) is 2.00. The lowest BCUT2D eigenvalue weighted by Gasteiger charge is -2.06. The molecule has 1 aliphatic carbocycles. The maximum Gasteiger partial charge on any atom is 0.358 e. The first-order chi connectivity index (χ1) is 9.65. The zero-order valence-corrected chi connectivity index (χ0v) is 11.3. The normalized spacial score (nSPS) is 14.2. The molecule has 7 nitrogen and oxygen atoms in total. The summed E-state index contributed by atoms with van der Waals surface area (Å²) in [5.74, 6) is -1.32. The summed E-state index contributed by atoms with van der Waals surface area (Å²) in [4.78, 5) is 23.7. The predicted octanol–water partition coefficient (Wildman–Crippen LogP) is 0.983. The standard InChI is InChI=1S/C12H12N4O3S/c17-9(13-7-3-4-7)6-16-11(8-2-1-5-20-8)10(12(18)19)14-15-16/h1-2,5,7H,3-4,6H2,(H,13,17)(H,18,19). The van der Waals surface area contributed by atoms with Crippen molar-refractivity contribution in [3.63, 3.8) is 0 Å². The number of rotatable bonds is 5. The Morgan fingerprint density at radius 2 is 2.30 bits per heavy atom. The van der Waals surface area contributed by atoms with Gasteiger partial charge in [-0.05, 0) is 24.3 Å². The van der Waals surface area contributed by atoms with E-state index >= 15 is 0 Å². The highest BCUT2D eigenvalue weighted by atomic mass is 32.1. The van der Waals surface area contributed by atoms with Gasteiger partial charge in [-0.15, -0.1) is 16.4 Å². The molecule has 0 aromatic carbocycles. The second-order valence-corrected chi connectivity index (χ2v) is 5.52. The fourth-order valence-corrected chi connectivity index (χ4v) is 2.64. The minimum atomic E-state index is -1.15. The third-order valence-corrected chi connectivity index (χ3v) is 3.80. The molecule has 104 valence electrons. The van der Waals surface area contributed by atoms with Crippen LogP contribution in [0.4, 0.5) is 0 Å². The average molecular weight is 292 g/mol. The molecule has 1 saturated carbocycles. The number of nitrogens with zero attached hydrogens (tertiary/aromatic N) is 3. The van der Waals surface area contributed by atoms with Gasteiger partial charge < -0.3 is 10.4 Å². The Hall–Kier alpha value is -2.22. The van der Waals surface area contributed by atoms with Crippen molar-refractivity contribution in [1.29, 1.82) is 0 Å². The van der Waals surface area contributed by atoms with E-state index in [9.17, 15) is 9.59 Å². The molecule has 0 unspecified atom stereocenters. The molecule has 1 amide bonds. The summed E-state index contributed by atoms with van der Waals surface area (Å²) in [6, 6.07) is 3.85. The zero-order chi connectivity index (χ0) is 14.1. The van der Waals surface area contributed by atoms with Gasteiger partial charge in [-0.1, -0.05) is 11.3 Å². The fraction of sp³-hybridized carbons (Fsp3) is 0.333. The second-order valence-electron chi connectivity index (χ2n) is 4.57. The molecule has 2 heterocycles. The Kier molecular flexibility index (Phi) is 3.23. The van der Waals surface area contributed by atoms with Gasteiger partial charge in [0.15, 0.2) is 5.69 Å². The highest BCUT2D eigenvalue weighted by Crippen LogP contribution is 2.27. The van der Waals surface area contributed by atoms with Crippen molar-refractivity contribution >= 4 is 23.2 Å². The van der Waals surface area contributed by atoms with Gasteiger partial charge in [0.2, 0.25) is 5.91 Å². The van der Waals surface area contributed by atoms with Gasteiger partial charge >= 0.3 is 5.97 Å². The minimum absolute atomic E-state index is 0.0238. The van der Waals surface area contributed by atoms with E-state index in [0.717, 1.165) is 17.7 Å². The first-order valence-corrected chi connectivity index (χ1v) is 7.03. The Morgan fingerprint density at radius 3 is 2.90 bits per heavy atom. The number of aromatic nitrogens is 3. The molecule has 2 N–H and O–H groups in total. The van der Waals surface area contributed by atoms with Crippen LogP contribution in [0.2, 0.25) is 0 Å². The van der Waals surface area contributed by atoms with Crippen LogP contribution in [0.15, 0.2) is 17.5 Å². The molecule has 2 aromatic rings. The van der Waals surface area contributed by atoms with Gasteiger partial charge in [0.25, 0.3) is 0 Å². The first-order valence-electron chi connectivity index (χ1n) is 6.15. The van der Waals surface area contributed by atoms with Crippen LogP contribution < -0.4 is 5.32 Å². The highest BCUT2D eigenvalue weighted by molar-refractivity contribution is 7.13. The van der Waals surface area contributed by atoms with Gasteiger partial charge in [-0.2, -0.15) is 0 Å². The van der Waals surface area contributed by atoms with E-state index in [1.54, 1.807) is 6.07 Å². The molecule has 0 radical (unpaired) electrons. The van der Waals surface area contributed by atoms with Crippen molar-refractivity contribution in [2.45, 2.75) is 25.4 Å².